The lowest BCUT2D eigenvalue weighted by Gasteiger charge is -2.33. The van der Waals surface area contributed by atoms with Crippen molar-refractivity contribution in [3.8, 4) is 0 Å². The number of nitrogens with zero attached hydrogens (tertiary/aromatic N) is 1. The molecular weight excluding hydrogens is 190 g/mol. The van der Waals surface area contributed by atoms with Gasteiger partial charge in [0.2, 0.25) is 5.91 Å². The van der Waals surface area contributed by atoms with Gasteiger partial charge in [-0.25, -0.2) is 0 Å². The molecule has 3 heteroatoms. The molecule has 1 aliphatic rings. The van der Waals surface area contributed by atoms with E-state index in [1.807, 2.05) is 4.90 Å². The van der Waals surface area contributed by atoms with Gasteiger partial charge in [0, 0.05) is 19.0 Å². The molecule has 2 unspecified atom stereocenters. The van der Waals surface area contributed by atoms with Crippen molar-refractivity contribution in [2.45, 2.75) is 58.6 Å². The molecule has 1 fully saturated rings. The van der Waals surface area contributed by atoms with E-state index in [1.165, 1.54) is 0 Å². The molecule has 1 amide bonds. The summed E-state index contributed by atoms with van der Waals surface area (Å²) in [6.07, 6.45) is 3.43. The number of hydrogen-bond acceptors (Lipinski definition) is 2. The van der Waals surface area contributed by atoms with Crippen molar-refractivity contribution in [3.63, 3.8) is 0 Å². The van der Waals surface area contributed by atoms with Crippen LogP contribution in [0.1, 0.15) is 46.5 Å². The summed E-state index contributed by atoms with van der Waals surface area (Å²) in [6.45, 7) is 6.54. The third kappa shape index (κ3) is 3.49. The second-order valence-corrected chi connectivity index (χ2v) is 4.95. The first-order valence-corrected chi connectivity index (χ1v) is 6.00. The van der Waals surface area contributed by atoms with Crippen LogP contribution in [0.15, 0.2) is 0 Å². The third-order valence-electron chi connectivity index (χ3n) is 3.09. The molecule has 88 valence electrons. The third-order valence-corrected chi connectivity index (χ3v) is 3.09. The van der Waals surface area contributed by atoms with E-state index < -0.39 is 6.10 Å². The summed E-state index contributed by atoms with van der Waals surface area (Å²) in [6, 6.07) is 0.314. The highest BCUT2D eigenvalue weighted by Gasteiger charge is 2.28. The maximum absolute atomic E-state index is 11.9. The second kappa shape index (κ2) is 5.50. The first-order valence-electron chi connectivity index (χ1n) is 6.00. The monoisotopic (exact) mass is 213 g/mol. The van der Waals surface area contributed by atoms with Gasteiger partial charge in [-0.15, -0.1) is 0 Å². The Morgan fingerprint density at radius 3 is 2.60 bits per heavy atom. The lowest BCUT2D eigenvalue weighted by Crippen LogP contribution is -2.45. The number of rotatable bonds is 3. The molecule has 1 N–H and O–H groups in total. The molecule has 1 aliphatic heterocycles. The lowest BCUT2D eigenvalue weighted by molar-refractivity contribution is -0.135. The molecule has 2 atom stereocenters. The van der Waals surface area contributed by atoms with Gasteiger partial charge in [-0.3, -0.25) is 4.79 Å². The minimum absolute atomic E-state index is 0.215. The molecule has 0 aliphatic carbocycles. The fourth-order valence-electron chi connectivity index (χ4n) is 2.33. The van der Waals surface area contributed by atoms with Crippen LogP contribution >= 0.6 is 0 Å². The van der Waals surface area contributed by atoms with Gasteiger partial charge >= 0.3 is 0 Å². The van der Waals surface area contributed by atoms with Crippen LogP contribution in [0.25, 0.3) is 0 Å². The van der Waals surface area contributed by atoms with E-state index in [0.29, 0.717) is 24.9 Å². The van der Waals surface area contributed by atoms with Gasteiger partial charge in [0.25, 0.3) is 0 Å². The van der Waals surface area contributed by atoms with Crippen LogP contribution in [0.3, 0.4) is 0 Å². The quantitative estimate of drug-likeness (QED) is 0.776. The summed E-state index contributed by atoms with van der Waals surface area (Å²) >= 11 is 0. The molecule has 0 aromatic rings. The fraction of sp³-hybridized carbons (Fsp3) is 0.917. The summed E-state index contributed by atoms with van der Waals surface area (Å²) in [5.41, 5.74) is 0. The highest BCUT2D eigenvalue weighted by atomic mass is 16.3. The Morgan fingerprint density at radius 2 is 2.07 bits per heavy atom. The molecule has 0 radical (unpaired) electrons. The molecular formula is C12H23NO2. The Bertz CT molecular complexity index is 214. The summed E-state index contributed by atoms with van der Waals surface area (Å²) in [5.74, 6) is 0.693. The predicted molar refractivity (Wildman–Crippen MR) is 60.5 cm³/mol. The molecule has 0 aromatic carbocycles. The molecule has 0 spiro atoms. The summed E-state index contributed by atoms with van der Waals surface area (Å²) in [4.78, 5) is 13.8. The average Bonchev–Trinajstić information content (AvgIpc) is 2.29. The lowest BCUT2D eigenvalue weighted by atomic mass is 9.98. The van der Waals surface area contributed by atoms with Gasteiger partial charge in [0.15, 0.2) is 0 Å². The number of hydrogen-bond donors (Lipinski definition) is 1. The van der Waals surface area contributed by atoms with E-state index in [9.17, 15) is 9.90 Å². The highest BCUT2D eigenvalue weighted by Crippen LogP contribution is 2.23. The maximum Gasteiger partial charge on any atom is 0.222 e. The van der Waals surface area contributed by atoms with Gasteiger partial charge in [0.05, 0.1) is 6.10 Å². The summed E-state index contributed by atoms with van der Waals surface area (Å²) in [5, 5.41) is 9.42. The van der Waals surface area contributed by atoms with Crippen LogP contribution in [-0.4, -0.2) is 34.6 Å². The topological polar surface area (TPSA) is 40.5 Å². The molecule has 0 saturated carbocycles. The van der Waals surface area contributed by atoms with E-state index >= 15 is 0 Å². The van der Waals surface area contributed by atoms with Gasteiger partial charge < -0.3 is 10.0 Å². The maximum atomic E-state index is 11.9. The van der Waals surface area contributed by atoms with Gasteiger partial charge in [-0.05, 0) is 25.7 Å². The van der Waals surface area contributed by atoms with Gasteiger partial charge in [-0.1, -0.05) is 20.3 Å². The van der Waals surface area contributed by atoms with Crippen molar-refractivity contribution in [1.29, 1.82) is 0 Å². The molecule has 1 heterocycles. The number of carbonyl (C=O) groups is 1. The van der Waals surface area contributed by atoms with Crippen LogP contribution in [0.4, 0.5) is 0 Å². The normalized spacial score (nSPS) is 25.5. The second-order valence-electron chi connectivity index (χ2n) is 4.95. The Kier molecular flexibility index (Phi) is 4.58. The van der Waals surface area contributed by atoms with Crippen LogP contribution in [0.2, 0.25) is 0 Å². The Balaban J connectivity index is 2.74. The Morgan fingerprint density at radius 1 is 1.40 bits per heavy atom. The van der Waals surface area contributed by atoms with Crippen molar-refractivity contribution in [3.05, 3.63) is 0 Å². The minimum atomic E-state index is -0.423. The van der Waals surface area contributed by atoms with E-state index in [2.05, 4.69) is 13.8 Å². The van der Waals surface area contributed by atoms with Crippen LogP contribution in [0, 0.1) is 5.92 Å². The predicted octanol–water partition coefficient (Wildman–Crippen LogP) is 1.79. The zero-order chi connectivity index (χ0) is 11.4. The number of amides is 1. The molecule has 3 nitrogen and oxygen atoms in total. The van der Waals surface area contributed by atoms with Gasteiger partial charge in [0.1, 0.15) is 0 Å². The van der Waals surface area contributed by atoms with Gasteiger partial charge in [-0.2, -0.15) is 0 Å². The number of likely N-dealkylation sites (tertiary alicyclic amines) is 1. The Labute approximate surface area is 92.5 Å². The van der Waals surface area contributed by atoms with Crippen LogP contribution in [0.5, 0.6) is 0 Å². The first kappa shape index (κ1) is 12.5. The standard InChI is InChI=1S/C12H23NO2/c1-9(2)11-6-4-5-7-12(15)13(11)8-10(3)14/h9-11,14H,4-8H2,1-3H3. The molecule has 1 rings (SSSR count). The summed E-state index contributed by atoms with van der Waals surface area (Å²) < 4.78 is 0. The molecule has 1 saturated heterocycles. The van der Waals surface area contributed by atoms with E-state index in [-0.39, 0.29) is 5.91 Å². The van der Waals surface area contributed by atoms with E-state index in [0.717, 1.165) is 19.3 Å². The zero-order valence-electron chi connectivity index (χ0n) is 10.1. The average molecular weight is 213 g/mol. The van der Waals surface area contributed by atoms with Crippen molar-refractivity contribution >= 4 is 5.91 Å². The number of β-amino-alcohol motifs (C(OH)–C–C–N with tert-alkyl or cyclic N) is 1. The molecule has 0 bridgehead atoms. The minimum Gasteiger partial charge on any atom is -0.392 e. The Hall–Kier alpha value is -0.570. The van der Waals surface area contributed by atoms with Crippen molar-refractivity contribution in [1.82, 2.24) is 4.90 Å². The van der Waals surface area contributed by atoms with Crippen LogP contribution < -0.4 is 0 Å². The van der Waals surface area contributed by atoms with Crippen molar-refractivity contribution in [2.75, 3.05) is 6.54 Å². The van der Waals surface area contributed by atoms with Crippen molar-refractivity contribution < 1.29 is 9.90 Å². The largest absolute Gasteiger partial charge is 0.392 e. The zero-order valence-corrected chi connectivity index (χ0v) is 10.1. The first-order chi connectivity index (χ1) is 7.02. The summed E-state index contributed by atoms with van der Waals surface area (Å²) in [7, 11) is 0. The van der Waals surface area contributed by atoms with E-state index in [1.54, 1.807) is 6.92 Å². The molecule has 15 heavy (non-hydrogen) atoms. The van der Waals surface area contributed by atoms with Crippen molar-refractivity contribution in [2.24, 2.45) is 5.92 Å². The molecule has 0 aromatic heterocycles. The van der Waals surface area contributed by atoms with Crippen LogP contribution in [-0.2, 0) is 4.79 Å². The SMILES string of the molecule is CC(O)CN1C(=O)CCCCC1C(C)C. The number of carbonyl (C=O) groups excluding carboxylic acids is 1. The smallest absolute Gasteiger partial charge is 0.222 e. The number of aliphatic hydroxyl groups excluding tert-OH is 1. The van der Waals surface area contributed by atoms with E-state index in [4.69, 9.17) is 0 Å². The number of aliphatic hydroxyl groups is 1. The fourth-order valence-corrected chi connectivity index (χ4v) is 2.33. The highest BCUT2D eigenvalue weighted by molar-refractivity contribution is 5.76.